The van der Waals surface area contributed by atoms with E-state index < -0.39 is 17.5 Å². The predicted molar refractivity (Wildman–Crippen MR) is 149 cm³/mol. The number of H-pyrrole nitrogens is 1. The molecule has 12 heteroatoms. The van der Waals surface area contributed by atoms with Crippen LogP contribution in [0, 0.1) is 6.92 Å². The number of imidazole rings is 1. The summed E-state index contributed by atoms with van der Waals surface area (Å²) in [6.07, 6.45) is 0. The van der Waals surface area contributed by atoms with E-state index in [-0.39, 0.29) is 36.1 Å². The van der Waals surface area contributed by atoms with Crippen LogP contribution in [-0.2, 0) is 17.9 Å². The zero-order chi connectivity index (χ0) is 29.2. The summed E-state index contributed by atoms with van der Waals surface area (Å²) in [6.45, 7) is 3.72. The van der Waals surface area contributed by atoms with Crippen LogP contribution in [0.25, 0.3) is 33.5 Å². The van der Waals surface area contributed by atoms with Crippen molar-refractivity contribution in [1.82, 2.24) is 19.7 Å². The van der Waals surface area contributed by atoms with E-state index in [4.69, 9.17) is 22.8 Å². The van der Waals surface area contributed by atoms with Crippen molar-refractivity contribution in [3.05, 3.63) is 111 Å². The summed E-state index contributed by atoms with van der Waals surface area (Å²) >= 11 is 0. The third-order valence-corrected chi connectivity index (χ3v) is 6.60. The largest absolute Gasteiger partial charge is 0.519 e. The quantitative estimate of drug-likeness (QED) is 0.242. The average molecular weight is 569 g/mol. The standard InChI is InChI=1S/C30H24N4O8/c1-3-38-28-31-23-11-7-10-21(27(35)39-16-24-17(2)40-30(37)41-24)25(23)34(28)15-18-12-13-20(19-8-5-4-6-9-19)22(14-18)26-32-29(36)42-33-26/h4-14H,3,15-16H2,1-2H3,(H,32,33,36). The number of hydrogen-bond donors (Lipinski definition) is 1. The third kappa shape index (κ3) is 5.12. The van der Waals surface area contributed by atoms with Crippen molar-refractivity contribution in [2.75, 3.05) is 6.61 Å². The maximum atomic E-state index is 13.3. The van der Waals surface area contributed by atoms with Gasteiger partial charge >= 0.3 is 17.5 Å². The average Bonchev–Trinajstić information content (AvgIpc) is 3.68. The molecule has 0 amide bonds. The molecule has 42 heavy (non-hydrogen) atoms. The molecule has 3 heterocycles. The number of hydrogen-bond acceptors (Lipinski definition) is 10. The smallest absolute Gasteiger partial charge is 0.465 e. The summed E-state index contributed by atoms with van der Waals surface area (Å²) < 4.78 is 27.7. The Labute approximate surface area is 237 Å². The first kappa shape index (κ1) is 26.6. The number of aryl methyl sites for hydroxylation is 1. The topological polar surface area (TPSA) is 156 Å². The number of benzene rings is 3. The molecule has 0 bridgehead atoms. The van der Waals surface area contributed by atoms with E-state index >= 15 is 0 Å². The van der Waals surface area contributed by atoms with E-state index in [1.807, 2.05) is 55.5 Å². The molecule has 0 saturated heterocycles. The molecule has 0 unspecified atom stereocenters. The van der Waals surface area contributed by atoms with Gasteiger partial charge in [0.05, 0.1) is 29.7 Å². The van der Waals surface area contributed by atoms with Crippen molar-refractivity contribution in [3.8, 4) is 28.5 Å². The molecule has 12 nitrogen and oxygen atoms in total. The monoisotopic (exact) mass is 568 g/mol. The highest BCUT2D eigenvalue weighted by molar-refractivity contribution is 6.02. The molecule has 6 aromatic rings. The van der Waals surface area contributed by atoms with Crippen molar-refractivity contribution in [2.24, 2.45) is 0 Å². The number of nitrogens with zero attached hydrogens (tertiary/aromatic N) is 3. The van der Waals surface area contributed by atoms with Gasteiger partial charge in [0.25, 0.3) is 6.01 Å². The second kappa shape index (κ2) is 11.1. The van der Waals surface area contributed by atoms with Crippen molar-refractivity contribution in [3.63, 3.8) is 0 Å². The Morgan fingerprint density at radius 2 is 1.83 bits per heavy atom. The first-order valence-electron chi connectivity index (χ1n) is 13.0. The van der Waals surface area contributed by atoms with Crippen LogP contribution in [0.15, 0.2) is 89.7 Å². The zero-order valence-corrected chi connectivity index (χ0v) is 22.6. The van der Waals surface area contributed by atoms with Crippen LogP contribution < -0.4 is 16.3 Å². The van der Waals surface area contributed by atoms with Crippen LogP contribution in [0.1, 0.15) is 34.4 Å². The van der Waals surface area contributed by atoms with E-state index in [0.29, 0.717) is 29.2 Å². The van der Waals surface area contributed by atoms with Gasteiger partial charge in [-0.05, 0) is 48.7 Å². The first-order valence-corrected chi connectivity index (χ1v) is 13.0. The van der Waals surface area contributed by atoms with Crippen LogP contribution in [0.3, 0.4) is 0 Å². The molecule has 0 saturated carbocycles. The lowest BCUT2D eigenvalue weighted by Crippen LogP contribution is -2.10. The third-order valence-electron chi connectivity index (χ3n) is 6.60. The summed E-state index contributed by atoms with van der Waals surface area (Å²) in [5, 5.41) is 3.92. The zero-order valence-electron chi connectivity index (χ0n) is 22.6. The van der Waals surface area contributed by atoms with Crippen molar-refractivity contribution in [2.45, 2.75) is 27.0 Å². The van der Waals surface area contributed by atoms with Gasteiger partial charge in [-0.25, -0.2) is 14.4 Å². The Bertz CT molecular complexity index is 2010. The van der Waals surface area contributed by atoms with Crippen LogP contribution >= 0.6 is 0 Å². The minimum absolute atomic E-state index is 0.126. The number of para-hydroxylation sites is 1. The van der Waals surface area contributed by atoms with Gasteiger partial charge < -0.3 is 18.3 Å². The Morgan fingerprint density at radius 1 is 1.00 bits per heavy atom. The van der Waals surface area contributed by atoms with Gasteiger partial charge in [0.1, 0.15) is 0 Å². The number of aromatic amines is 1. The Morgan fingerprint density at radius 3 is 2.55 bits per heavy atom. The molecule has 0 aliphatic carbocycles. The van der Waals surface area contributed by atoms with E-state index in [1.165, 1.54) is 0 Å². The molecule has 0 aliphatic heterocycles. The lowest BCUT2D eigenvalue weighted by molar-refractivity contribution is 0.0444. The second-order valence-electron chi connectivity index (χ2n) is 9.29. The summed E-state index contributed by atoms with van der Waals surface area (Å²) in [6, 6.07) is 20.9. The summed E-state index contributed by atoms with van der Waals surface area (Å²) in [7, 11) is 0. The number of carbonyl (C=O) groups is 1. The number of nitrogens with one attached hydrogen (secondary N) is 1. The van der Waals surface area contributed by atoms with Gasteiger partial charge in [-0.2, -0.15) is 4.98 Å². The lowest BCUT2D eigenvalue weighted by atomic mass is 9.97. The van der Waals surface area contributed by atoms with Gasteiger partial charge in [0.2, 0.25) is 0 Å². The highest BCUT2D eigenvalue weighted by Crippen LogP contribution is 2.33. The van der Waals surface area contributed by atoms with Gasteiger partial charge in [-0.15, -0.1) is 0 Å². The molecule has 212 valence electrons. The number of rotatable bonds is 9. The number of fused-ring (bicyclic) bond motifs is 1. The van der Waals surface area contributed by atoms with E-state index in [0.717, 1.165) is 16.7 Å². The first-order chi connectivity index (χ1) is 20.4. The van der Waals surface area contributed by atoms with Crippen molar-refractivity contribution >= 4 is 17.0 Å². The summed E-state index contributed by atoms with van der Waals surface area (Å²) in [5.41, 5.74) is 4.52. The fourth-order valence-corrected chi connectivity index (χ4v) is 4.71. The van der Waals surface area contributed by atoms with E-state index in [2.05, 4.69) is 15.1 Å². The molecular formula is C30H24N4O8. The molecule has 0 radical (unpaired) electrons. The van der Waals surface area contributed by atoms with Gasteiger partial charge in [0.15, 0.2) is 24.0 Å². The van der Waals surface area contributed by atoms with Gasteiger partial charge in [0, 0.05) is 5.56 Å². The highest BCUT2D eigenvalue weighted by Gasteiger charge is 2.22. The Hall–Kier alpha value is -5.65. The summed E-state index contributed by atoms with van der Waals surface area (Å²) in [4.78, 5) is 43.7. The van der Waals surface area contributed by atoms with E-state index in [1.54, 1.807) is 29.7 Å². The molecule has 0 spiro atoms. The van der Waals surface area contributed by atoms with E-state index in [9.17, 15) is 14.4 Å². The molecule has 3 aromatic carbocycles. The van der Waals surface area contributed by atoms with Crippen LogP contribution in [0.5, 0.6) is 6.01 Å². The highest BCUT2D eigenvalue weighted by atomic mass is 16.6. The number of esters is 1. The molecule has 0 fully saturated rings. The molecular weight excluding hydrogens is 544 g/mol. The maximum absolute atomic E-state index is 13.3. The molecule has 6 rings (SSSR count). The summed E-state index contributed by atoms with van der Waals surface area (Å²) in [5.74, 6) is -1.53. The van der Waals surface area contributed by atoms with Crippen LogP contribution in [-0.4, -0.2) is 32.3 Å². The number of ether oxygens (including phenoxy) is 2. The second-order valence-corrected chi connectivity index (χ2v) is 9.29. The molecule has 3 aromatic heterocycles. The minimum Gasteiger partial charge on any atom is -0.465 e. The van der Waals surface area contributed by atoms with Crippen LogP contribution in [0.4, 0.5) is 0 Å². The SMILES string of the molecule is CCOc1nc2cccc(C(=O)OCc3oc(=O)oc3C)c2n1Cc1ccc(-c2ccccc2)c(-c2noc(=O)[nH]2)c1. The van der Waals surface area contributed by atoms with Crippen LogP contribution in [0.2, 0.25) is 0 Å². The minimum atomic E-state index is -0.868. The fraction of sp³-hybridized carbons (Fsp3) is 0.167. The number of aromatic nitrogens is 4. The van der Waals surface area contributed by atoms with Gasteiger partial charge in [-0.1, -0.05) is 53.7 Å². The van der Waals surface area contributed by atoms with Gasteiger partial charge in [-0.3, -0.25) is 14.1 Å². The Kier molecular flexibility index (Phi) is 7.01. The molecule has 1 N–H and O–H groups in total. The van der Waals surface area contributed by atoms with Crippen molar-refractivity contribution < 1.29 is 27.6 Å². The Balaban J connectivity index is 1.41. The predicted octanol–water partition coefficient (Wildman–Crippen LogP) is 4.71. The molecule has 0 atom stereocenters. The molecule has 0 aliphatic rings. The maximum Gasteiger partial charge on any atom is 0.519 e. The van der Waals surface area contributed by atoms with Crippen molar-refractivity contribution in [1.29, 1.82) is 0 Å². The number of carbonyl (C=O) groups excluding carboxylic acids is 1. The fourth-order valence-electron chi connectivity index (χ4n) is 4.71. The lowest BCUT2D eigenvalue weighted by Gasteiger charge is -2.14. The normalized spacial score (nSPS) is 11.2.